The molecular weight excluding hydrogens is 286 g/mol. The molecule has 0 aliphatic rings. The monoisotopic (exact) mass is 309 g/mol. The summed E-state index contributed by atoms with van der Waals surface area (Å²) in [6.07, 6.45) is 1.45. The number of hydrogen-bond donors (Lipinski definition) is 1. The molecule has 0 fully saturated rings. The SMILES string of the molecule is CCC(CNC(=O)CCC(=O)c1ccccc1)c1ccccc1. The maximum absolute atomic E-state index is 12.0. The molecule has 23 heavy (non-hydrogen) atoms. The molecule has 0 radical (unpaired) electrons. The first-order valence-electron chi connectivity index (χ1n) is 8.10. The Balaban J connectivity index is 1.77. The van der Waals surface area contributed by atoms with Gasteiger partial charge < -0.3 is 5.32 Å². The van der Waals surface area contributed by atoms with Crippen LogP contribution < -0.4 is 5.32 Å². The molecule has 2 aromatic rings. The summed E-state index contributed by atoms with van der Waals surface area (Å²) in [5, 5.41) is 2.95. The molecule has 1 unspecified atom stereocenters. The van der Waals surface area contributed by atoms with Crippen molar-refractivity contribution in [2.45, 2.75) is 32.1 Å². The number of benzene rings is 2. The Morgan fingerprint density at radius 1 is 0.913 bits per heavy atom. The molecule has 2 aromatic carbocycles. The van der Waals surface area contributed by atoms with Crippen molar-refractivity contribution in [1.82, 2.24) is 5.32 Å². The summed E-state index contributed by atoms with van der Waals surface area (Å²) < 4.78 is 0. The van der Waals surface area contributed by atoms with Gasteiger partial charge in [0, 0.05) is 30.9 Å². The van der Waals surface area contributed by atoms with E-state index in [1.807, 2.05) is 36.4 Å². The van der Waals surface area contributed by atoms with E-state index < -0.39 is 0 Å². The molecule has 0 saturated carbocycles. The van der Waals surface area contributed by atoms with E-state index >= 15 is 0 Å². The third-order valence-electron chi connectivity index (χ3n) is 3.98. The van der Waals surface area contributed by atoms with Crippen LogP contribution in [0.1, 0.15) is 48.0 Å². The van der Waals surface area contributed by atoms with Crippen molar-refractivity contribution in [2.24, 2.45) is 0 Å². The minimum absolute atomic E-state index is 0.0100. The maximum atomic E-state index is 12.0. The highest BCUT2D eigenvalue weighted by atomic mass is 16.2. The Morgan fingerprint density at radius 3 is 2.13 bits per heavy atom. The molecule has 0 aliphatic heterocycles. The van der Waals surface area contributed by atoms with Gasteiger partial charge in [-0.1, -0.05) is 67.6 Å². The second kappa shape index (κ2) is 8.89. The van der Waals surface area contributed by atoms with Gasteiger partial charge in [0.2, 0.25) is 5.91 Å². The topological polar surface area (TPSA) is 46.2 Å². The zero-order valence-electron chi connectivity index (χ0n) is 13.5. The molecule has 0 saturated heterocycles. The van der Waals surface area contributed by atoms with E-state index in [0.29, 0.717) is 18.0 Å². The van der Waals surface area contributed by atoms with E-state index in [4.69, 9.17) is 0 Å². The fourth-order valence-corrected chi connectivity index (χ4v) is 2.54. The first-order chi connectivity index (χ1) is 11.2. The lowest BCUT2D eigenvalue weighted by Crippen LogP contribution is -2.28. The standard InChI is InChI=1S/C20H23NO2/c1-2-16(17-9-5-3-6-10-17)15-21-20(23)14-13-19(22)18-11-7-4-8-12-18/h3-12,16H,2,13-15H2,1H3,(H,21,23). The highest BCUT2D eigenvalue weighted by Gasteiger charge is 2.12. The quantitative estimate of drug-likeness (QED) is 0.750. The molecule has 0 aliphatic carbocycles. The van der Waals surface area contributed by atoms with Crippen LogP contribution in [0.25, 0.3) is 0 Å². The van der Waals surface area contributed by atoms with Gasteiger partial charge >= 0.3 is 0 Å². The van der Waals surface area contributed by atoms with Gasteiger partial charge in [-0.25, -0.2) is 0 Å². The lowest BCUT2D eigenvalue weighted by atomic mass is 9.96. The van der Waals surface area contributed by atoms with Crippen LogP contribution in [0.4, 0.5) is 0 Å². The van der Waals surface area contributed by atoms with Gasteiger partial charge in [0.1, 0.15) is 0 Å². The highest BCUT2D eigenvalue weighted by Crippen LogP contribution is 2.18. The number of amides is 1. The summed E-state index contributed by atoms with van der Waals surface area (Å²) in [7, 11) is 0. The second-order valence-corrected chi connectivity index (χ2v) is 5.61. The largest absolute Gasteiger partial charge is 0.355 e. The molecule has 0 heterocycles. The minimum atomic E-state index is -0.0661. The van der Waals surface area contributed by atoms with Crippen LogP contribution in [0.2, 0.25) is 0 Å². The third kappa shape index (κ3) is 5.37. The Hall–Kier alpha value is -2.42. The van der Waals surface area contributed by atoms with E-state index in [0.717, 1.165) is 6.42 Å². The smallest absolute Gasteiger partial charge is 0.220 e. The predicted octanol–water partition coefficient (Wildman–Crippen LogP) is 3.96. The average molecular weight is 309 g/mol. The van der Waals surface area contributed by atoms with Crippen molar-refractivity contribution in [3.63, 3.8) is 0 Å². The number of rotatable bonds is 8. The van der Waals surface area contributed by atoms with Gasteiger partial charge in [0.05, 0.1) is 0 Å². The lowest BCUT2D eigenvalue weighted by Gasteiger charge is -2.16. The highest BCUT2D eigenvalue weighted by molar-refractivity contribution is 5.97. The van der Waals surface area contributed by atoms with E-state index in [-0.39, 0.29) is 24.5 Å². The maximum Gasteiger partial charge on any atom is 0.220 e. The Labute approximate surface area is 137 Å². The van der Waals surface area contributed by atoms with E-state index in [1.165, 1.54) is 5.56 Å². The number of carbonyl (C=O) groups is 2. The second-order valence-electron chi connectivity index (χ2n) is 5.61. The molecule has 1 N–H and O–H groups in total. The van der Waals surface area contributed by atoms with Crippen LogP contribution in [0.5, 0.6) is 0 Å². The number of hydrogen-bond acceptors (Lipinski definition) is 2. The molecule has 2 rings (SSSR count). The summed E-state index contributed by atoms with van der Waals surface area (Å²) in [5.41, 5.74) is 1.90. The first-order valence-corrected chi connectivity index (χ1v) is 8.10. The lowest BCUT2D eigenvalue weighted by molar-refractivity contribution is -0.121. The van der Waals surface area contributed by atoms with Crippen LogP contribution in [0.15, 0.2) is 60.7 Å². The molecular formula is C20H23NO2. The van der Waals surface area contributed by atoms with Gasteiger partial charge in [-0.2, -0.15) is 0 Å². The van der Waals surface area contributed by atoms with Crippen molar-refractivity contribution >= 4 is 11.7 Å². The van der Waals surface area contributed by atoms with Crippen LogP contribution >= 0.6 is 0 Å². The molecule has 0 bridgehead atoms. The number of Topliss-reactive ketones (excluding diaryl/α,β-unsaturated/α-hetero) is 1. The fraction of sp³-hybridized carbons (Fsp3) is 0.300. The predicted molar refractivity (Wildman–Crippen MR) is 92.5 cm³/mol. The Morgan fingerprint density at radius 2 is 1.52 bits per heavy atom. The summed E-state index contributed by atoms with van der Waals surface area (Å²) in [6.45, 7) is 2.72. The minimum Gasteiger partial charge on any atom is -0.355 e. The molecule has 1 amide bonds. The molecule has 0 aromatic heterocycles. The van der Waals surface area contributed by atoms with Gasteiger partial charge in [-0.05, 0) is 12.0 Å². The number of nitrogens with one attached hydrogen (secondary N) is 1. The number of ketones is 1. The average Bonchev–Trinajstić information content (AvgIpc) is 2.62. The molecule has 3 heteroatoms. The van der Waals surface area contributed by atoms with Gasteiger partial charge in [-0.3, -0.25) is 9.59 Å². The van der Waals surface area contributed by atoms with Crippen molar-refractivity contribution in [3.8, 4) is 0 Å². The van der Waals surface area contributed by atoms with Crippen molar-refractivity contribution in [2.75, 3.05) is 6.54 Å². The number of carbonyl (C=O) groups excluding carboxylic acids is 2. The third-order valence-corrected chi connectivity index (χ3v) is 3.98. The van der Waals surface area contributed by atoms with Crippen molar-refractivity contribution < 1.29 is 9.59 Å². The molecule has 1 atom stereocenters. The van der Waals surface area contributed by atoms with Crippen LogP contribution in [-0.2, 0) is 4.79 Å². The Kier molecular flexibility index (Phi) is 6.55. The molecule has 120 valence electrons. The zero-order valence-corrected chi connectivity index (χ0v) is 13.5. The van der Waals surface area contributed by atoms with Gasteiger partial charge in [-0.15, -0.1) is 0 Å². The van der Waals surface area contributed by atoms with Crippen LogP contribution in [-0.4, -0.2) is 18.2 Å². The molecule has 0 spiro atoms. The normalized spacial score (nSPS) is 11.7. The van der Waals surface area contributed by atoms with Gasteiger partial charge in [0.25, 0.3) is 0 Å². The van der Waals surface area contributed by atoms with E-state index in [1.54, 1.807) is 12.1 Å². The summed E-state index contributed by atoms with van der Waals surface area (Å²) in [4.78, 5) is 24.0. The summed E-state index contributed by atoms with van der Waals surface area (Å²) in [5.74, 6) is 0.254. The van der Waals surface area contributed by atoms with Gasteiger partial charge in [0.15, 0.2) is 5.78 Å². The van der Waals surface area contributed by atoms with E-state index in [9.17, 15) is 9.59 Å². The summed E-state index contributed by atoms with van der Waals surface area (Å²) >= 11 is 0. The zero-order chi connectivity index (χ0) is 16.5. The first kappa shape index (κ1) is 16.9. The fourth-order valence-electron chi connectivity index (χ4n) is 2.54. The molecule has 3 nitrogen and oxygen atoms in total. The van der Waals surface area contributed by atoms with Crippen LogP contribution in [0.3, 0.4) is 0 Å². The van der Waals surface area contributed by atoms with Crippen LogP contribution in [0, 0.1) is 0 Å². The van der Waals surface area contributed by atoms with E-state index in [2.05, 4.69) is 24.4 Å². The summed E-state index contributed by atoms with van der Waals surface area (Å²) in [6, 6.07) is 19.3. The Bertz CT molecular complexity index is 623. The van der Waals surface area contributed by atoms with Crippen molar-refractivity contribution in [3.05, 3.63) is 71.8 Å². The van der Waals surface area contributed by atoms with Crippen molar-refractivity contribution in [1.29, 1.82) is 0 Å².